The lowest BCUT2D eigenvalue weighted by Crippen LogP contribution is -2.12. The smallest absolute Gasteiger partial charge is 0.326 e. The first kappa shape index (κ1) is 12.6. The van der Waals surface area contributed by atoms with Gasteiger partial charge in [0.1, 0.15) is 12.2 Å². The van der Waals surface area contributed by atoms with Gasteiger partial charge in [0, 0.05) is 12.1 Å². The van der Waals surface area contributed by atoms with E-state index < -0.39 is 12.6 Å². The van der Waals surface area contributed by atoms with E-state index in [4.69, 9.17) is 5.73 Å². The van der Waals surface area contributed by atoms with Crippen LogP contribution in [0.15, 0.2) is 24.3 Å². The Kier molecular flexibility index (Phi) is 3.33. The van der Waals surface area contributed by atoms with Crippen molar-refractivity contribution >= 4 is 0 Å². The van der Waals surface area contributed by atoms with E-state index in [9.17, 15) is 13.2 Å². The highest BCUT2D eigenvalue weighted by atomic mass is 19.4. The number of benzene rings is 1. The summed E-state index contributed by atoms with van der Waals surface area (Å²) in [6.07, 6.45) is -5.40. The van der Waals surface area contributed by atoms with Gasteiger partial charge in [-0.1, -0.05) is 24.3 Å². The maximum atomic E-state index is 12.2. The van der Waals surface area contributed by atoms with Crippen molar-refractivity contribution in [3.63, 3.8) is 0 Å². The molecule has 0 aliphatic heterocycles. The highest BCUT2D eigenvalue weighted by molar-refractivity contribution is 5.54. The molecule has 2 rings (SSSR count). The summed E-state index contributed by atoms with van der Waals surface area (Å²) in [4.78, 5) is 3.80. The van der Waals surface area contributed by atoms with Gasteiger partial charge in [-0.2, -0.15) is 18.3 Å². The van der Waals surface area contributed by atoms with E-state index in [0.717, 1.165) is 5.56 Å². The molecule has 0 amide bonds. The first-order chi connectivity index (χ1) is 8.48. The monoisotopic (exact) mass is 256 g/mol. The Hall–Kier alpha value is -1.89. The molecule has 3 N–H and O–H groups in total. The Morgan fingerprint density at radius 2 is 1.83 bits per heavy atom. The number of hydrogen-bond donors (Lipinski definition) is 2. The second-order valence-electron chi connectivity index (χ2n) is 3.80. The molecule has 0 aliphatic carbocycles. The van der Waals surface area contributed by atoms with Crippen molar-refractivity contribution in [3.8, 4) is 11.4 Å². The fourth-order valence-corrected chi connectivity index (χ4v) is 1.48. The maximum absolute atomic E-state index is 12.2. The molecule has 1 aromatic carbocycles. The fraction of sp³-hybridized carbons (Fsp3) is 0.273. The Morgan fingerprint density at radius 1 is 1.17 bits per heavy atom. The molecule has 0 spiro atoms. The largest absolute Gasteiger partial charge is 0.396 e. The molecule has 1 aromatic heterocycles. The van der Waals surface area contributed by atoms with Crippen molar-refractivity contribution in [3.05, 3.63) is 35.7 Å². The van der Waals surface area contributed by atoms with Crippen LogP contribution in [-0.4, -0.2) is 21.4 Å². The summed E-state index contributed by atoms with van der Waals surface area (Å²) in [6.45, 7) is 0.410. The molecule has 2 aromatic rings. The number of rotatable bonds is 3. The molecule has 18 heavy (non-hydrogen) atoms. The van der Waals surface area contributed by atoms with E-state index in [-0.39, 0.29) is 11.6 Å². The zero-order valence-corrected chi connectivity index (χ0v) is 9.33. The van der Waals surface area contributed by atoms with E-state index in [1.54, 1.807) is 24.3 Å². The second-order valence-corrected chi connectivity index (χ2v) is 3.80. The molecule has 0 unspecified atom stereocenters. The lowest BCUT2D eigenvalue weighted by molar-refractivity contribution is -0.128. The zero-order valence-electron chi connectivity index (χ0n) is 9.33. The van der Waals surface area contributed by atoms with Crippen LogP contribution in [0.25, 0.3) is 11.4 Å². The van der Waals surface area contributed by atoms with Crippen LogP contribution < -0.4 is 5.73 Å². The lowest BCUT2D eigenvalue weighted by atomic mass is 10.1. The van der Waals surface area contributed by atoms with Gasteiger partial charge in [0.2, 0.25) is 0 Å². The predicted molar refractivity (Wildman–Crippen MR) is 59.5 cm³/mol. The first-order valence-electron chi connectivity index (χ1n) is 5.25. The van der Waals surface area contributed by atoms with Crippen molar-refractivity contribution in [2.75, 3.05) is 0 Å². The van der Waals surface area contributed by atoms with Gasteiger partial charge >= 0.3 is 6.18 Å². The summed E-state index contributed by atoms with van der Waals surface area (Å²) in [6, 6.07) is 7.02. The maximum Gasteiger partial charge on any atom is 0.396 e. The molecule has 1 heterocycles. The Bertz CT molecular complexity index is 516. The van der Waals surface area contributed by atoms with Crippen molar-refractivity contribution in [2.45, 2.75) is 19.1 Å². The molecule has 0 saturated carbocycles. The van der Waals surface area contributed by atoms with Crippen LogP contribution in [0.1, 0.15) is 11.4 Å². The second kappa shape index (κ2) is 4.77. The Labute approximate surface area is 101 Å². The number of H-pyrrole nitrogens is 1. The molecule has 0 fully saturated rings. The highest BCUT2D eigenvalue weighted by Crippen LogP contribution is 2.21. The number of nitrogens with one attached hydrogen (secondary N) is 1. The molecule has 0 atom stereocenters. The Morgan fingerprint density at radius 3 is 2.39 bits per heavy atom. The third-order valence-electron chi connectivity index (χ3n) is 2.35. The lowest BCUT2D eigenvalue weighted by Gasteiger charge is -2.01. The molecule has 0 saturated heterocycles. The SMILES string of the molecule is NCc1ccc(-c2n[nH]c(CC(F)(F)F)n2)cc1. The van der Waals surface area contributed by atoms with Gasteiger partial charge in [-0.3, -0.25) is 5.10 Å². The molecule has 0 radical (unpaired) electrons. The summed E-state index contributed by atoms with van der Waals surface area (Å²) in [5.74, 6) is 0.0539. The minimum absolute atomic E-state index is 0.194. The molecular formula is C11H11F3N4. The fourth-order valence-electron chi connectivity index (χ4n) is 1.48. The number of hydrogen-bond acceptors (Lipinski definition) is 3. The summed E-state index contributed by atoms with van der Waals surface area (Å²) in [5, 5.41) is 6.04. The normalized spacial score (nSPS) is 11.8. The number of nitrogens with zero attached hydrogens (tertiary/aromatic N) is 2. The number of aromatic nitrogens is 3. The molecule has 0 aliphatic rings. The van der Waals surface area contributed by atoms with Crippen LogP contribution in [0.5, 0.6) is 0 Å². The van der Waals surface area contributed by atoms with Crippen LogP contribution in [0.2, 0.25) is 0 Å². The highest BCUT2D eigenvalue weighted by Gasteiger charge is 2.29. The summed E-state index contributed by atoms with van der Waals surface area (Å²) in [7, 11) is 0. The topological polar surface area (TPSA) is 67.6 Å². The number of aromatic amines is 1. The standard InChI is InChI=1S/C11H11F3N4/c12-11(13,14)5-9-16-10(18-17-9)8-3-1-7(6-15)2-4-8/h1-4H,5-6,15H2,(H,16,17,18). The molecule has 96 valence electrons. The van der Waals surface area contributed by atoms with Gasteiger partial charge in [-0.05, 0) is 5.56 Å². The van der Waals surface area contributed by atoms with Crippen molar-refractivity contribution in [1.29, 1.82) is 0 Å². The molecule has 4 nitrogen and oxygen atoms in total. The third kappa shape index (κ3) is 3.07. The number of halogens is 3. The van der Waals surface area contributed by atoms with Crippen LogP contribution in [-0.2, 0) is 13.0 Å². The number of nitrogens with two attached hydrogens (primary N) is 1. The van der Waals surface area contributed by atoms with Crippen molar-refractivity contribution < 1.29 is 13.2 Å². The van der Waals surface area contributed by atoms with E-state index in [1.165, 1.54) is 0 Å². The summed E-state index contributed by atoms with van der Waals surface area (Å²) < 4.78 is 36.5. The van der Waals surface area contributed by atoms with Crippen LogP contribution in [0, 0.1) is 0 Å². The van der Waals surface area contributed by atoms with Crippen LogP contribution in [0.4, 0.5) is 13.2 Å². The average Bonchev–Trinajstić information content (AvgIpc) is 2.75. The van der Waals surface area contributed by atoms with Crippen LogP contribution >= 0.6 is 0 Å². The van der Waals surface area contributed by atoms with Crippen molar-refractivity contribution in [2.24, 2.45) is 5.73 Å². The van der Waals surface area contributed by atoms with Gasteiger partial charge in [0.05, 0.1) is 0 Å². The summed E-state index contributed by atoms with van der Waals surface area (Å²) in [5.41, 5.74) is 7.03. The van der Waals surface area contributed by atoms with E-state index in [0.29, 0.717) is 12.1 Å². The first-order valence-corrected chi connectivity index (χ1v) is 5.25. The van der Waals surface area contributed by atoms with Gasteiger partial charge < -0.3 is 5.73 Å². The van der Waals surface area contributed by atoms with Gasteiger partial charge in [0.15, 0.2) is 5.82 Å². The summed E-state index contributed by atoms with van der Waals surface area (Å²) >= 11 is 0. The van der Waals surface area contributed by atoms with Crippen LogP contribution in [0.3, 0.4) is 0 Å². The number of alkyl halides is 3. The predicted octanol–water partition coefficient (Wildman–Crippen LogP) is 2.04. The minimum atomic E-state index is -4.29. The van der Waals surface area contributed by atoms with E-state index >= 15 is 0 Å². The van der Waals surface area contributed by atoms with Crippen molar-refractivity contribution in [1.82, 2.24) is 15.2 Å². The minimum Gasteiger partial charge on any atom is -0.326 e. The van der Waals surface area contributed by atoms with Gasteiger partial charge in [0.25, 0.3) is 0 Å². The van der Waals surface area contributed by atoms with Gasteiger partial charge in [-0.25, -0.2) is 4.98 Å². The molecule has 0 bridgehead atoms. The van der Waals surface area contributed by atoms with E-state index in [1.807, 2.05) is 0 Å². The molecule has 7 heteroatoms. The average molecular weight is 256 g/mol. The van der Waals surface area contributed by atoms with E-state index in [2.05, 4.69) is 15.2 Å². The Balaban J connectivity index is 2.18. The van der Waals surface area contributed by atoms with Gasteiger partial charge in [-0.15, -0.1) is 0 Å². The third-order valence-corrected chi connectivity index (χ3v) is 2.35. The molecular weight excluding hydrogens is 245 g/mol. The quantitative estimate of drug-likeness (QED) is 0.883. The zero-order chi connectivity index (χ0) is 13.2.